The molecule has 0 radical (unpaired) electrons. The van der Waals surface area contributed by atoms with Gasteiger partial charge in [-0.25, -0.2) is 0 Å². The predicted octanol–water partition coefficient (Wildman–Crippen LogP) is 5.34. The summed E-state index contributed by atoms with van der Waals surface area (Å²) in [5, 5.41) is 7.24. The van der Waals surface area contributed by atoms with Crippen LogP contribution in [0.2, 0.25) is 0 Å². The van der Waals surface area contributed by atoms with E-state index in [1.54, 1.807) is 0 Å². The van der Waals surface area contributed by atoms with Gasteiger partial charge in [-0.2, -0.15) is 0 Å². The third-order valence-electron chi connectivity index (χ3n) is 4.44. The third-order valence-corrected chi connectivity index (χ3v) is 4.44. The molecule has 23 heavy (non-hydrogen) atoms. The Labute approximate surface area is 141 Å². The fourth-order valence-electron chi connectivity index (χ4n) is 3.07. The lowest BCUT2D eigenvalue weighted by atomic mass is 10.1. The van der Waals surface area contributed by atoms with Gasteiger partial charge in [0.15, 0.2) is 0 Å². The first kappa shape index (κ1) is 17.4. The number of hydrogen-bond acceptors (Lipinski definition) is 2. The molecule has 0 aliphatic rings. The molecule has 0 fully saturated rings. The summed E-state index contributed by atoms with van der Waals surface area (Å²) in [4.78, 5) is 0. The van der Waals surface area contributed by atoms with Crippen molar-refractivity contribution in [2.75, 3.05) is 23.7 Å². The maximum absolute atomic E-state index is 3.62. The molecule has 0 bridgehead atoms. The largest absolute Gasteiger partial charge is 0.385 e. The molecular formula is C21H30N2. The molecule has 2 heteroatoms. The van der Waals surface area contributed by atoms with Gasteiger partial charge in [-0.1, -0.05) is 50.2 Å². The number of anilines is 2. The molecule has 0 saturated heterocycles. The van der Waals surface area contributed by atoms with Gasteiger partial charge in [0.1, 0.15) is 0 Å². The summed E-state index contributed by atoms with van der Waals surface area (Å²) in [7, 11) is 0. The highest BCUT2D eigenvalue weighted by atomic mass is 14.9. The molecule has 2 rings (SSSR count). The molecule has 0 unspecified atom stereocenters. The molecule has 0 heterocycles. The number of para-hydroxylation sites is 2. The van der Waals surface area contributed by atoms with Gasteiger partial charge in [0.05, 0.1) is 0 Å². The SMILES string of the molecule is CCc1cccc(C)c1NCCCNc1c(C)cccc1CC. The van der Waals surface area contributed by atoms with E-state index in [0.717, 1.165) is 32.4 Å². The lowest BCUT2D eigenvalue weighted by Crippen LogP contribution is -2.12. The average Bonchev–Trinajstić information content (AvgIpc) is 2.56. The summed E-state index contributed by atoms with van der Waals surface area (Å²) >= 11 is 0. The Hall–Kier alpha value is -1.96. The van der Waals surface area contributed by atoms with Crippen molar-refractivity contribution in [3.8, 4) is 0 Å². The van der Waals surface area contributed by atoms with Crippen LogP contribution in [-0.2, 0) is 12.8 Å². The van der Waals surface area contributed by atoms with Gasteiger partial charge in [0, 0.05) is 24.5 Å². The van der Waals surface area contributed by atoms with E-state index in [1.807, 2.05) is 0 Å². The first-order valence-electron chi connectivity index (χ1n) is 8.82. The molecule has 0 amide bonds. The Bertz CT molecular complexity index is 576. The van der Waals surface area contributed by atoms with Crippen molar-refractivity contribution < 1.29 is 0 Å². The summed E-state index contributed by atoms with van der Waals surface area (Å²) in [6, 6.07) is 13.1. The molecular weight excluding hydrogens is 280 g/mol. The van der Waals surface area contributed by atoms with Crippen molar-refractivity contribution >= 4 is 11.4 Å². The van der Waals surface area contributed by atoms with Crippen molar-refractivity contribution in [3.63, 3.8) is 0 Å². The van der Waals surface area contributed by atoms with Crippen LogP contribution in [0.4, 0.5) is 11.4 Å². The molecule has 2 N–H and O–H groups in total. The van der Waals surface area contributed by atoms with Gasteiger partial charge in [0.2, 0.25) is 0 Å². The highest BCUT2D eigenvalue weighted by molar-refractivity contribution is 5.58. The van der Waals surface area contributed by atoms with Crippen LogP contribution in [0.5, 0.6) is 0 Å². The number of benzene rings is 2. The summed E-state index contributed by atoms with van der Waals surface area (Å²) in [6.07, 6.45) is 3.26. The highest BCUT2D eigenvalue weighted by Crippen LogP contribution is 2.22. The maximum atomic E-state index is 3.62. The minimum absolute atomic E-state index is 0.998. The fraction of sp³-hybridized carbons (Fsp3) is 0.429. The van der Waals surface area contributed by atoms with Crippen LogP contribution in [-0.4, -0.2) is 13.1 Å². The van der Waals surface area contributed by atoms with Crippen molar-refractivity contribution in [3.05, 3.63) is 58.7 Å². The number of hydrogen-bond donors (Lipinski definition) is 2. The standard InChI is InChI=1S/C21H30N2/c1-5-18-12-7-10-16(3)20(18)22-14-9-15-23-21-17(4)11-8-13-19(21)6-2/h7-8,10-13,22-23H,5-6,9,14-15H2,1-4H3. The normalized spacial score (nSPS) is 10.6. The van der Waals surface area contributed by atoms with Crippen LogP contribution >= 0.6 is 0 Å². The summed E-state index contributed by atoms with van der Waals surface area (Å²) in [6.45, 7) is 10.8. The van der Waals surface area contributed by atoms with Gasteiger partial charge >= 0.3 is 0 Å². The lowest BCUT2D eigenvalue weighted by Gasteiger charge is -2.16. The van der Waals surface area contributed by atoms with E-state index in [0.29, 0.717) is 0 Å². The quantitative estimate of drug-likeness (QED) is 0.643. The molecule has 2 aromatic carbocycles. The lowest BCUT2D eigenvalue weighted by molar-refractivity contribution is 0.900. The molecule has 0 spiro atoms. The Morgan fingerprint density at radius 2 is 1.13 bits per heavy atom. The van der Waals surface area contributed by atoms with Crippen LogP contribution in [0.15, 0.2) is 36.4 Å². The minimum Gasteiger partial charge on any atom is -0.385 e. The average molecular weight is 310 g/mol. The predicted molar refractivity (Wildman–Crippen MR) is 103 cm³/mol. The molecule has 124 valence electrons. The van der Waals surface area contributed by atoms with E-state index in [4.69, 9.17) is 0 Å². The molecule has 0 aliphatic carbocycles. The Morgan fingerprint density at radius 1 is 0.696 bits per heavy atom. The smallest absolute Gasteiger partial charge is 0.0402 e. The van der Waals surface area contributed by atoms with Gasteiger partial charge in [0.25, 0.3) is 0 Å². The Kier molecular flexibility index (Phi) is 6.52. The van der Waals surface area contributed by atoms with Gasteiger partial charge in [-0.15, -0.1) is 0 Å². The molecule has 2 aromatic rings. The number of rotatable bonds is 8. The number of aryl methyl sites for hydroxylation is 4. The highest BCUT2D eigenvalue weighted by Gasteiger charge is 2.04. The van der Waals surface area contributed by atoms with Gasteiger partial charge in [-0.05, 0) is 55.4 Å². The molecule has 0 atom stereocenters. The van der Waals surface area contributed by atoms with Gasteiger partial charge in [-0.3, -0.25) is 0 Å². The van der Waals surface area contributed by atoms with E-state index >= 15 is 0 Å². The minimum atomic E-state index is 0.998. The second-order valence-electron chi connectivity index (χ2n) is 6.13. The van der Waals surface area contributed by atoms with Crippen molar-refractivity contribution in [2.45, 2.75) is 47.0 Å². The zero-order chi connectivity index (χ0) is 16.7. The topological polar surface area (TPSA) is 24.1 Å². The van der Waals surface area contributed by atoms with Crippen LogP contribution < -0.4 is 10.6 Å². The first-order chi connectivity index (χ1) is 11.2. The molecule has 2 nitrogen and oxygen atoms in total. The summed E-state index contributed by atoms with van der Waals surface area (Å²) in [5.41, 5.74) is 8.13. The molecule has 0 aromatic heterocycles. The van der Waals surface area contributed by atoms with Crippen molar-refractivity contribution in [2.24, 2.45) is 0 Å². The summed E-state index contributed by atoms with van der Waals surface area (Å²) < 4.78 is 0. The zero-order valence-electron chi connectivity index (χ0n) is 15.0. The van der Waals surface area contributed by atoms with Crippen LogP contribution in [0.1, 0.15) is 42.5 Å². The summed E-state index contributed by atoms with van der Waals surface area (Å²) in [5.74, 6) is 0. The van der Waals surface area contributed by atoms with Gasteiger partial charge < -0.3 is 10.6 Å². The zero-order valence-corrected chi connectivity index (χ0v) is 15.0. The Morgan fingerprint density at radius 3 is 1.52 bits per heavy atom. The second-order valence-corrected chi connectivity index (χ2v) is 6.13. The van der Waals surface area contributed by atoms with E-state index < -0.39 is 0 Å². The van der Waals surface area contributed by atoms with Crippen LogP contribution in [0, 0.1) is 13.8 Å². The first-order valence-corrected chi connectivity index (χ1v) is 8.82. The van der Waals surface area contributed by atoms with E-state index in [2.05, 4.69) is 74.7 Å². The van der Waals surface area contributed by atoms with Crippen molar-refractivity contribution in [1.82, 2.24) is 0 Å². The van der Waals surface area contributed by atoms with Crippen molar-refractivity contribution in [1.29, 1.82) is 0 Å². The molecule has 0 aliphatic heterocycles. The number of nitrogens with one attached hydrogen (secondary N) is 2. The van der Waals surface area contributed by atoms with E-state index in [-0.39, 0.29) is 0 Å². The Balaban J connectivity index is 1.85. The van der Waals surface area contributed by atoms with Crippen LogP contribution in [0.3, 0.4) is 0 Å². The monoisotopic (exact) mass is 310 g/mol. The van der Waals surface area contributed by atoms with Crippen LogP contribution in [0.25, 0.3) is 0 Å². The second kappa shape index (κ2) is 8.61. The molecule has 0 saturated carbocycles. The van der Waals surface area contributed by atoms with E-state index in [9.17, 15) is 0 Å². The fourth-order valence-corrected chi connectivity index (χ4v) is 3.07. The third kappa shape index (κ3) is 4.51. The van der Waals surface area contributed by atoms with E-state index in [1.165, 1.54) is 33.6 Å². The maximum Gasteiger partial charge on any atom is 0.0402 e.